The van der Waals surface area contributed by atoms with Crippen LogP contribution < -0.4 is 0 Å². The molecule has 0 N–H and O–H groups in total. The normalized spacial score (nSPS) is 23.1. The highest BCUT2D eigenvalue weighted by Gasteiger charge is 2.30. The van der Waals surface area contributed by atoms with Gasteiger partial charge in [0.25, 0.3) is 0 Å². The molecule has 1 aliphatic heterocycles. The van der Waals surface area contributed by atoms with Gasteiger partial charge in [0.1, 0.15) is 0 Å². The average Bonchev–Trinajstić information content (AvgIpc) is 2.66. The van der Waals surface area contributed by atoms with Gasteiger partial charge in [-0.25, -0.2) is 0 Å². The number of hydrogen-bond acceptors (Lipinski definition) is 1. The van der Waals surface area contributed by atoms with Crippen LogP contribution in [0.15, 0.2) is 30.3 Å². The third-order valence-electron chi connectivity index (χ3n) is 3.24. The van der Waals surface area contributed by atoms with E-state index in [1.54, 1.807) is 0 Å². The maximum Gasteiger partial charge on any atom is 0.416 e. The fraction of sp³-hybridized carbons (Fsp3) is 0.467. The largest absolute Gasteiger partial charge is 0.416 e. The summed E-state index contributed by atoms with van der Waals surface area (Å²) in [4.78, 5) is 0. The van der Waals surface area contributed by atoms with Crippen molar-refractivity contribution in [1.29, 1.82) is 0 Å². The van der Waals surface area contributed by atoms with Crippen LogP contribution in [0.1, 0.15) is 37.8 Å². The minimum absolute atomic E-state index is 0.0530. The summed E-state index contributed by atoms with van der Waals surface area (Å²) in [7, 11) is 0. The Morgan fingerprint density at radius 3 is 2.32 bits per heavy atom. The fourth-order valence-electron chi connectivity index (χ4n) is 2.15. The molecular weight excluding hydrogens is 253 g/mol. The third-order valence-corrected chi connectivity index (χ3v) is 3.24. The zero-order chi connectivity index (χ0) is 14.1. The summed E-state index contributed by atoms with van der Waals surface area (Å²) in [5.74, 6) is 0. The van der Waals surface area contributed by atoms with Crippen molar-refractivity contribution in [2.24, 2.45) is 0 Å². The molecule has 1 aromatic carbocycles. The predicted octanol–water partition coefficient (Wildman–Crippen LogP) is 4.68. The standard InChI is InChI=1S/C15H17F3O/c1-14(2)10-9-13(19-14)8-5-11-3-6-12(7-4-11)15(16,17)18/h3-8,13H,9-10H2,1-2H3/b8-5+/t13-/m1/s1. The Hall–Kier alpha value is -1.29. The van der Waals surface area contributed by atoms with Crippen LogP contribution in [-0.2, 0) is 10.9 Å². The van der Waals surface area contributed by atoms with E-state index in [-0.39, 0.29) is 11.7 Å². The zero-order valence-corrected chi connectivity index (χ0v) is 11.0. The number of benzene rings is 1. The first-order chi connectivity index (χ1) is 8.76. The summed E-state index contributed by atoms with van der Waals surface area (Å²) in [5.41, 5.74) is 0.0269. The molecule has 19 heavy (non-hydrogen) atoms. The van der Waals surface area contributed by atoms with Gasteiger partial charge in [-0.3, -0.25) is 0 Å². The second-order valence-electron chi connectivity index (χ2n) is 5.43. The highest BCUT2D eigenvalue weighted by atomic mass is 19.4. The number of hydrogen-bond donors (Lipinski definition) is 0. The van der Waals surface area contributed by atoms with Crippen molar-refractivity contribution in [2.75, 3.05) is 0 Å². The van der Waals surface area contributed by atoms with Gasteiger partial charge >= 0.3 is 6.18 Å². The van der Waals surface area contributed by atoms with E-state index in [0.29, 0.717) is 0 Å². The summed E-state index contributed by atoms with van der Waals surface area (Å²) >= 11 is 0. The van der Waals surface area contributed by atoms with Crippen LogP contribution in [0.2, 0.25) is 0 Å². The Balaban J connectivity index is 2.00. The van der Waals surface area contributed by atoms with Crippen LogP contribution in [0, 0.1) is 0 Å². The van der Waals surface area contributed by atoms with Crippen LogP contribution in [0.3, 0.4) is 0 Å². The van der Waals surface area contributed by atoms with E-state index in [4.69, 9.17) is 4.74 Å². The Bertz CT molecular complexity index is 457. The van der Waals surface area contributed by atoms with Gasteiger partial charge < -0.3 is 4.74 Å². The van der Waals surface area contributed by atoms with E-state index in [2.05, 4.69) is 0 Å². The Kier molecular flexibility index (Phi) is 3.72. The van der Waals surface area contributed by atoms with Crippen molar-refractivity contribution >= 4 is 6.08 Å². The maximum absolute atomic E-state index is 12.4. The zero-order valence-electron chi connectivity index (χ0n) is 11.0. The van der Waals surface area contributed by atoms with E-state index in [9.17, 15) is 13.2 Å². The Labute approximate surface area is 111 Å². The molecule has 104 valence electrons. The molecular formula is C15H17F3O. The van der Waals surface area contributed by atoms with Crippen LogP contribution in [0.5, 0.6) is 0 Å². The van der Waals surface area contributed by atoms with Gasteiger partial charge in [0.2, 0.25) is 0 Å². The van der Waals surface area contributed by atoms with Gasteiger partial charge in [0.15, 0.2) is 0 Å². The molecule has 1 nitrogen and oxygen atoms in total. The van der Waals surface area contributed by atoms with Gasteiger partial charge in [-0.05, 0) is 44.4 Å². The molecule has 0 radical (unpaired) electrons. The van der Waals surface area contributed by atoms with Crippen molar-refractivity contribution in [3.05, 3.63) is 41.5 Å². The first-order valence-electron chi connectivity index (χ1n) is 6.30. The van der Waals surface area contributed by atoms with E-state index in [1.165, 1.54) is 12.1 Å². The summed E-state index contributed by atoms with van der Waals surface area (Å²) in [6.07, 6.45) is 1.45. The predicted molar refractivity (Wildman–Crippen MR) is 68.7 cm³/mol. The van der Waals surface area contributed by atoms with E-state index in [1.807, 2.05) is 26.0 Å². The van der Waals surface area contributed by atoms with Gasteiger partial charge in [-0.1, -0.05) is 24.3 Å². The summed E-state index contributed by atoms with van der Waals surface area (Å²) in [6.45, 7) is 4.08. The lowest BCUT2D eigenvalue weighted by Gasteiger charge is -2.17. The van der Waals surface area contributed by atoms with Crippen LogP contribution in [0.25, 0.3) is 6.08 Å². The van der Waals surface area contributed by atoms with Crippen LogP contribution >= 0.6 is 0 Å². The lowest BCUT2D eigenvalue weighted by Crippen LogP contribution is -2.18. The Morgan fingerprint density at radius 1 is 1.21 bits per heavy atom. The number of halogens is 3. The van der Waals surface area contributed by atoms with Gasteiger partial charge in [-0.15, -0.1) is 0 Å². The molecule has 1 atom stereocenters. The van der Waals surface area contributed by atoms with Gasteiger partial charge in [-0.2, -0.15) is 13.2 Å². The third kappa shape index (κ3) is 3.83. The number of alkyl halides is 3. The monoisotopic (exact) mass is 270 g/mol. The molecule has 2 rings (SSSR count). The summed E-state index contributed by atoms with van der Waals surface area (Å²) < 4.78 is 43.0. The molecule has 0 unspecified atom stereocenters. The van der Waals surface area contributed by atoms with Crippen molar-refractivity contribution < 1.29 is 17.9 Å². The average molecular weight is 270 g/mol. The molecule has 0 bridgehead atoms. The molecule has 0 aromatic heterocycles. The molecule has 1 aromatic rings. The fourth-order valence-corrected chi connectivity index (χ4v) is 2.15. The second-order valence-corrected chi connectivity index (χ2v) is 5.43. The second kappa shape index (κ2) is 5.00. The summed E-state index contributed by atoms with van der Waals surface area (Å²) in [6, 6.07) is 5.14. The molecule has 1 aliphatic rings. The molecule has 0 aliphatic carbocycles. The number of ether oxygens (including phenoxy) is 1. The van der Waals surface area contributed by atoms with E-state index < -0.39 is 11.7 Å². The first kappa shape index (κ1) is 14.1. The Morgan fingerprint density at radius 2 is 1.84 bits per heavy atom. The smallest absolute Gasteiger partial charge is 0.368 e. The van der Waals surface area contributed by atoms with Crippen molar-refractivity contribution in [3.8, 4) is 0 Å². The van der Waals surface area contributed by atoms with Gasteiger partial charge in [0.05, 0.1) is 17.3 Å². The highest BCUT2D eigenvalue weighted by Crippen LogP contribution is 2.31. The van der Waals surface area contributed by atoms with Crippen molar-refractivity contribution in [3.63, 3.8) is 0 Å². The van der Waals surface area contributed by atoms with Crippen LogP contribution in [-0.4, -0.2) is 11.7 Å². The molecule has 0 amide bonds. The number of rotatable bonds is 2. The summed E-state index contributed by atoms with van der Waals surface area (Å²) in [5, 5.41) is 0. The lowest BCUT2D eigenvalue weighted by atomic mass is 10.0. The van der Waals surface area contributed by atoms with Crippen molar-refractivity contribution in [1.82, 2.24) is 0 Å². The van der Waals surface area contributed by atoms with E-state index in [0.717, 1.165) is 30.5 Å². The topological polar surface area (TPSA) is 9.23 Å². The first-order valence-corrected chi connectivity index (χ1v) is 6.30. The molecule has 1 fully saturated rings. The van der Waals surface area contributed by atoms with E-state index >= 15 is 0 Å². The quantitative estimate of drug-likeness (QED) is 0.758. The minimum atomic E-state index is -4.28. The molecule has 1 heterocycles. The molecule has 0 saturated carbocycles. The SMILES string of the molecule is CC1(C)CC[C@@H](/C=C/c2ccc(C(F)(F)F)cc2)O1. The highest BCUT2D eigenvalue weighted by molar-refractivity contribution is 5.50. The molecule has 4 heteroatoms. The van der Waals surface area contributed by atoms with Gasteiger partial charge in [0, 0.05) is 0 Å². The maximum atomic E-state index is 12.4. The lowest BCUT2D eigenvalue weighted by molar-refractivity contribution is -0.137. The van der Waals surface area contributed by atoms with Crippen LogP contribution in [0.4, 0.5) is 13.2 Å². The molecule has 0 spiro atoms. The minimum Gasteiger partial charge on any atom is -0.368 e. The van der Waals surface area contributed by atoms with Crippen molar-refractivity contribution in [2.45, 2.75) is 44.6 Å². The molecule has 1 saturated heterocycles.